The number of nitrogens with zero attached hydrogens (tertiary/aromatic N) is 3. The zero-order valence-corrected chi connectivity index (χ0v) is 15.4. The third kappa shape index (κ3) is 8.50. The number of hydrogen-bond acceptors (Lipinski definition) is 3. The number of hydrogen-bond donors (Lipinski definition) is 2. The van der Waals surface area contributed by atoms with E-state index in [1.54, 1.807) is 18.1 Å². The van der Waals surface area contributed by atoms with Crippen LogP contribution in [0.2, 0.25) is 0 Å². The van der Waals surface area contributed by atoms with E-state index in [0.717, 1.165) is 25.1 Å². The van der Waals surface area contributed by atoms with Crippen LogP contribution in [0, 0.1) is 5.92 Å². The highest BCUT2D eigenvalue weighted by atomic mass is 16.2. The first-order chi connectivity index (χ1) is 11.5. The van der Waals surface area contributed by atoms with Gasteiger partial charge in [-0.25, -0.2) is 0 Å². The number of pyridine rings is 1. The molecule has 1 rings (SSSR count). The van der Waals surface area contributed by atoms with E-state index in [1.807, 2.05) is 25.2 Å². The van der Waals surface area contributed by atoms with Crippen molar-refractivity contribution in [3.05, 3.63) is 30.1 Å². The Kier molecular flexibility index (Phi) is 9.49. The van der Waals surface area contributed by atoms with Crippen LogP contribution in [0.3, 0.4) is 0 Å². The number of carbonyl (C=O) groups excluding carboxylic acids is 1. The lowest BCUT2D eigenvalue weighted by molar-refractivity contribution is -0.128. The Morgan fingerprint density at radius 3 is 2.75 bits per heavy atom. The zero-order valence-electron chi connectivity index (χ0n) is 15.4. The van der Waals surface area contributed by atoms with E-state index in [1.165, 1.54) is 6.42 Å². The summed E-state index contributed by atoms with van der Waals surface area (Å²) >= 11 is 0. The predicted molar refractivity (Wildman–Crippen MR) is 99.0 cm³/mol. The molecule has 0 saturated carbocycles. The molecular weight excluding hydrogens is 302 g/mol. The number of amides is 1. The highest BCUT2D eigenvalue weighted by molar-refractivity contribution is 5.86. The van der Waals surface area contributed by atoms with Gasteiger partial charge in [0.2, 0.25) is 5.91 Å². The fourth-order valence-electron chi connectivity index (χ4n) is 2.18. The van der Waals surface area contributed by atoms with E-state index in [9.17, 15) is 4.79 Å². The minimum absolute atomic E-state index is 0.0380. The van der Waals surface area contributed by atoms with Crippen molar-refractivity contribution in [3.8, 4) is 0 Å². The standard InChI is InChI=1S/C18H31N5O/c1-15(2)8-7-12-21-18(19-3)22-14-17(24)23(4)13-10-16-9-5-6-11-20-16/h5-6,9,11,15H,7-8,10,12-14H2,1-4H3,(H2,19,21,22). The van der Waals surface area contributed by atoms with Crippen molar-refractivity contribution in [2.75, 3.05) is 33.7 Å². The van der Waals surface area contributed by atoms with Crippen LogP contribution in [0.15, 0.2) is 29.4 Å². The molecule has 1 amide bonds. The molecule has 134 valence electrons. The van der Waals surface area contributed by atoms with Gasteiger partial charge in [-0.3, -0.25) is 14.8 Å². The van der Waals surface area contributed by atoms with Gasteiger partial charge in [-0.15, -0.1) is 0 Å². The molecule has 0 saturated heterocycles. The monoisotopic (exact) mass is 333 g/mol. The van der Waals surface area contributed by atoms with Crippen molar-refractivity contribution in [2.45, 2.75) is 33.1 Å². The van der Waals surface area contributed by atoms with E-state index in [-0.39, 0.29) is 12.5 Å². The number of likely N-dealkylation sites (N-methyl/N-ethyl adjacent to an activating group) is 1. The van der Waals surface area contributed by atoms with Gasteiger partial charge in [-0.2, -0.15) is 0 Å². The fourth-order valence-corrected chi connectivity index (χ4v) is 2.18. The summed E-state index contributed by atoms with van der Waals surface area (Å²) in [5, 5.41) is 6.30. The highest BCUT2D eigenvalue weighted by Gasteiger charge is 2.09. The van der Waals surface area contributed by atoms with Crippen molar-refractivity contribution in [3.63, 3.8) is 0 Å². The second kappa shape index (κ2) is 11.4. The molecule has 0 spiro atoms. The maximum Gasteiger partial charge on any atom is 0.241 e. The average molecular weight is 333 g/mol. The molecular formula is C18H31N5O. The number of guanidine groups is 1. The Balaban J connectivity index is 2.24. The Hall–Kier alpha value is -2.11. The molecule has 1 aromatic rings. The Morgan fingerprint density at radius 1 is 1.33 bits per heavy atom. The minimum atomic E-state index is 0.0380. The molecule has 2 N–H and O–H groups in total. The molecule has 0 aromatic carbocycles. The van der Waals surface area contributed by atoms with Crippen LogP contribution in [0.1, 0.15) is 32.4 Å². The van der Waals surface area contributed by atoms with Crippen molar-refractivity contribution in [2.24, 2.45) is 10.9 Å². The van der Waals surface area contributed by atoms with Crippen molar-refractivity contribution < 1.29 is 4.79 Å². The second-order valence-corrected chi connectivity index (χ2v) is 6.27. The summed E-state index contributed by atoms with van der Waals surface area (Å²) in [5.74, 6) is 1.41. The molecule has 1 aromatic heterocycles. The van der Waals surface area contributed by atoms with Crippen LogP contribution < -0.4 is 10.6 Å². The van der Waals surface area contributed by atoms with Gasteiger partial charge >= 0.3 is 0 Å². The summed E-state index contributed by atoms with van der Waals surface area (Å²) in [4.78, 5) is 22.3. The summed E-state index contributed by atoms with van der Waals surface area (Å²) in [5.41, 5.74) is 0.993. The summed E-state index contributed by atoms with van der Waals surface area (Å²) in [7, 11) is 3.53. The molecule has 0 fully saturated rings. The molecule has 0 bridgehead atoms. The Labute approximate surface area is 145 Å². The third-order valence-corrected chi connectivity index (χ3v) is 3.74. The van der Waals surface area contributed by atoms with Gasteiger partial charge in [0.1, 0.15) is 0 Å². The molecule has 0 unspecified atom stereocenters. The molecule has 6 nitrogen and oxygen atoms in total. The molecule has 0 radical (unpaired) electrons. The first kappa shape index (κ1) is 19.9. The lowest BCUT2D eigenvalue weighted by atomic mass is 10.1. The molecule has 0 aliphatic carbocycles. The van der Waals surface area contributed by atoms with Crippen molar-refractivity contribution >= 4 is 11.9 Å². The van der Waals surface area contributed by atoms with Crippen LogP contribution in [-0.2, 0) is 11.2 Å². The molecule has 24 heavy (non-hydrogen) atoms. The van der Waals surface area contributed by atoms with Gasteiger partial charge in [0.15, 0.2) is 5.96 Å². The van der Waals surface area contributed by atoms with E-state index >= 15 is 0 Å². The molecule has 0 atom stereocenters. The van der Waals surface area contributed by atoms with Crippen LogP contribution in [0.25, 0.3) is 0 Å². The Morgan fingerprint density at radius 2 is 2.12 bits per heavy atom. The largest absolute Gasteiger partial charge is 0.356 e. The molecule has 1 heterocycles. The third-order valence-electron chi connectivity index (χ3n) is 3.74. The van der Waals surface area contributed by atoms with Gasteiger partial charge < -0.3 is 15.5 Å². The summed E-state index contributed by atoms with van der Waals surface area (Å²) < 4.78 is 0. The summed E-state index contributed by atoms with van der Waals surface area (Å²) in [6.45, 7) is 6.18. The molecule has 0 aliphatic rings. The summed E-state index contributed by atoms with van der Waals surface area (Å²) in [6.07, 6.45) is 4.80. The normalized spacial score (nSPS) is 11.5. The zero-order chi connectivity index (χ0) is 17.8. The van der Waals surface area contributed by atoms with E-state index < -0.39 is 0 Å². The lowest BCUT2D eigenvalue weighted by Gasteiger charge is -2.18. The molecule has 0 aliphatic heterocycles. The van der Waals surface area contributed by atoms with Crippen molar-refractivity contribution in [1.82, 2.24) is 20.5 Å². The maximum atomic E-state index is 12.2. The fraction of sp³-hybridized carbons (Fsp3) is 0.611. The minimum Gasteiger partial charge on any atom is -0.356 e. The predicted octanol–water partition coefficient (Wildman–Crippen LogP) is 1.68. The van der Waals surface area contributed by atoms with Gasteiger partial charge in [0.25, 0.3) is 0 Å². The summed E-state index contributed by atoms with van der Waals surface area (Å²) in [6, 6.07) is 5.82. The van der Waals surface area contributed by atoms with Gasteiger partial charge in [0.05, 0.1) is 6.54 Å². The number of rotatable bonds is 9. The smallest absolute Gasteiger partial charge is 0.241 e. The SMILES string of the molecule is CN=C(NCCCC(C)C)NCC(=O)N(C)CCc1ccccn1. The number of carbonyl (C=O) groups is 1. The average Bonchev–Trinajstić information content (AvgIpc) is 2.59. The van der Waals surface area contributed by atoms with Crippen LogP contribution >= 0.6 is 0 Å². The number of aliphatic imine (C=N–C) groups is 1. The highest BCUT2D eigenvalue weighted by Crippen LogP contribution is 2.01. The Bertz CT molecular complexity index is 501. The number of nitrogens with one attached hydrogen (secondary N) is 2. The molecule has 6 heteroatoms. The van der Waals surface area contributed by atoms with E-state index in [2.05, 4.69) is 34.5 Å². The topological polar surface area (TPSA) is 69.6 Å². The maximum absolute atomic E-state index is 12.2. The van der Waals surface area contributed by atoms with Gasteiger partial charge in [-0.1, -0.05) is 19.9 Å². The number of aromatic nitrogens is 1. The van der Waals surface area contributed by atoms with E-state index in [0.29, 0.717) is 18.4 Å². The first-order valence-electron chi connectivity index (χ1n) is 8.61. The van der Waals surface area contributed by atoms with Crippen LogP contribution in [0.5, 0.6) is 0 Å². The van der Waals surface area contributed by atoms with Gasteiger partial charge in [-0.05, 0) is 30.9 Å². The van der Waals surface area contributed by atoms with Crippen LogP contribution in [0.4, 0.5) is 0 Å². The lowest BCUT2D eigenvalue weighted by Crippen LogP contribution is -2.44. The second-order valence-electron chi connectivity index (χ2n) is 6.27. The van der Waals surface area contributed by atoms with Crippen LogP contribution in [-0.4, -0.2) is 55.5 Å². The van der Waals surface area contributed by atoms with Gasteiger partial charge in [0, 0.05) is 45.5 Å². The quantitative estimate of drug-likeness (QED) is 0.410. The van der Waals surface area contributed by atoms with Crippen molar-refractivity contribution in [1.29, 1.82) is 0 Å². The first-order valence-corrected chi connectivity index (χ1v) is 8.61. The van der Waals surface area contributed by atoms with E-state index in [4.69, 9.17) is 0 Å².